The molecule has 0 radical (unpaired) electrons. The molecule has 284 valence electrons. The van der Waals surface area contributed by atoms with E-state index in [1.807, 2.05) is 30.9 Å². The lowest BCUT2D eigenvalue weighted by Gasteiger charge is -2.25. The maximum absolute atomic E-state index is 13.7. The van der Waals surface area contributed by atoms with Crippen LogP contribution in [0.1, 0.15) is 68.9 Å². The predicted octanol–water partition coefficient (Wildman–Crippen LogP) is 6.42. The first-order valence-corrected chi connectivity index (χ1v) is 17.7. The number of likely N-dealkylation sites (tertiary alicyclic amines) is 1. The average Bonchev–Trinajstić information content (AvgIpc) is 3.66. The highest BCUT2D eigenvalue weighted by atomic mass is 19.4. The van der Waals surface area contributed by atoms with Crippen LogP contribution in [0.15, 0.2) is 85.1 Å². The molecule has 1 fully saturated rings. The number of carboxylic acid groups (broad SMARTS) is 1. The Balaban J connectivity index is 1.34. The molecule has 1 aromatic heterocycles. The SMILES string of the molecule is CCN(CC)c1ccc(NC(=O)c2cccc(C(=O)N(C)CCN3CCCC3C(=O)O)c2)c(-c2cc(C(=O)NCc3cccc(C(F)(F)F)c3)ccn2)c1. The van der Waals surface area contributed by atoms with Gasteiger partial charge in [-0.3, -0.25) is 29.1 Å². The van der Waals surface area contributed by atoms with Crippen LogP contribution in [-0.4, -0.2) is 89.4 Å². The zero-order chi connectivity index (χ0) is 39.0. The van der Waals surface area contributed by atoms with Crippen molar-refractivity contribution in [3.63, 3.8) is 0 Å². The van der Waals surface area contributed by atoms with Gasteiger partial charge < -0.3 is 25.5 Å². The van der Waals surface area contributed by atoms with Crippen molar-refractivity contribution in [2.24, 2.45) is 0 Å². The van der Waals surface area contributed by atoms with Gasteiger partial charge in [-0.25, -0.2) is 0 Å². The lowest BCUT2D eigenvalue weighted by atomic mass is 10.0. The number of carbonyl (C=O) groups is 4. The van der Waals surface area contributed by atoms with E-state index in [0.717, 1.165) is 24.2 Å². The van der Waals surface area contributed by atoms with Crippen molar-refractivity contribution in [3.05, 3.63) is 113 Å². The molecular weight excluding hydrogens is 701 g/mol. The summed E-state index contributed by atoms with van der Waals surface area (Å²) in [6, 6.07) is 19.0. The highest BCUT2D eigenvalue weighted by Gasteiger charge is 2.31. The average molecular weight is 745 g/mol. The summed E-state index contributed by atoms with van der Waals surface area (Å²) < 4.78 is 39.6. The van der Waals surface area contributed by atoms with Gasteiger partial charge >= 0.3 is 12.1 Å². The number of nitrogens with one attached hydrogen (secondary N) is 2. The highest BCUT2D eigenvalue weighted by Crippen LogP contribution is 2.33. The normalized spacial score (nSPS) is 14.4. The number of hydrogen-bond acceptors (Lipinski definition) is 7. The standard InChI is InChI=1S/C40H43F3N6O5/c1-4-48(5-2)31-14-15-33(32(24-31)34-23-28(16-17-44-34)36(50)45-25-26-9-6-12-30(21-26)40(41,42)43)46-37(51)27-10-7-11-29(22-27)38(52)47(3)19-20-49-18-8-13-35(49)39(53)54/h6-7,9-12,14-17,21-24,35H,4-5,8,13,18-20,25H2,1-3H3,(H,45,50)(H,46,51)(H,53,54). The molecule has 1 aliphatic rings. The van der Waals surface area contributed by atoms with Crippen molar-refractivity contribution in [1.82, 2.24) is 20.1 Å². The van der Waals surface area contributed by atoms with E-state index in [2.05, 4.69) is 20.5 Å². The van der Waals surface area contributed by atoms with Gasteiger partial charge in [0.05, 0.1) is 16.9 Å². The Labute approximate surface area is 311 Å². The topological polar surface area (TPSA) is 135 Å². The van der Waals surface area contributed by atoms with Crippen LogP contribution in [0.25, 0.3) is 11.3 Å². The molecule has 0 aliphatic carbocycles. The second-order valence-corrected chi connectivity index (χ2v) is 13.0. The second-order valence-electron chi connectivity index (χ2n) is 13.0. The van der Waals surface area contributed by atoms with Crippen LogP contribution in [0, 0.1) is 0 Å². The van der Waals surface area contributed by atoms with Crippen molar-refractivity contribution < 1.29 is 37.5 Å². The minimum absolute atomic E-state index is 0.125. The quantitative estimate of drug-likeness (QED) is 0.135. The summed E-state index contributed by atoms with van der Waals surface area (Å²) in [6.45, 7) is 6.70. The van der Waals surface area contributed by atoms with Crippen LogP contribution in [-0.2, 0) is 17.5 Å². The Morgan fingerprint density at radius 1 is 0.907 bits per heavy atom. The molecule has 3 amide bonds. The van der Waals surface area contributed by atoms with E-state index in [1.54, 1.807) is 37.4 Å². The lowest BCUT2D eigenvalue weighted by molar-refractivity contribution is -0.142. The lowest BCUT2D eigenvalue weighted by Crippen LogP contribution is -2.41. The van der Waals surface area contributed by atoms with Crippen molar-refractivity contribution >= 4 is 35.1 Å². The van der Waals surface area contributed by atoms with E-state index >= 15 is 0 Å². The summed E-state index contributed by atoms with van der Waals surface area (Å²) in [6.07, 6.45) is -1.70. The van der Waals surface area contributed by atoms with E-state index < -0.39 is 35.6 Å². The first kappa shape index (κ1) is 39.4. The van der Waals surface area contributed by atoms with Crippen molar-refractivity contribution in [2.75, 3.05) is 50.0 Å². The van der Waals surface area contributed by atoms with Crippen molar-refractivity contribution in [1.29, 1.82) is 0 Å². The van der Waals surface area contributed by atoms with Crippen LogP contribution in [0.2, 0.25) is 0 Å². The molecule has 2 heterocycles. The second kappa shape index (κ2) is 17.4. The monoisotopic (exact) mass is 744 g/mol. The van der Waals surface area contributed by atoms with Gasteiger partial charge in [0, 0.05) is 73.9 Å². The fourth-order valence-corrected chi connectivity index (χ4v) is 6.46. The van der Waals surface area contributed by atoms with Gasteiger partial charge in [-0.15, -0.1) is 0 Å². The Kier molecular flexibility index (Phi) is 12.7. The van der Waals surface area contributed by atoms with E-state index in [-0.39, 0.29) is 29.1 Å². The maximum atomic E-state index is 13.7. The number of carboxylic acids is 1. The van der Waals surface area contributed by atoms with Gasteiger partial charge in [-0.2, -0.15) is 13.2 Å². The fourth-order valence-electron chi connectivity index (χ4n) is 6.46. The molecule has 14 heteroatoms. The van der Waals surface area contributed by atoms with E-state index in [9.17, 15) is 37.5 Å². The molecule has 0 bridgehead atoms. The van der Waals surface area contributed by atoms with Crippen molar-refractivity contribution in [2.45, 2.75) is 45.5 Å². The van der Waals surface area contributed by atoms with Gasteiger partial charge in [0.1, 0.15) is 6.04 Å². The molecule has 1 unspecified atom stereocenters. The molecule has 5 rings (SSSR count). The van der Waals surface area contributed by atoms with E-state index in [0.29, 0.717) is 61.7 Å². The molecule has 1 atom stereocenters. The third-order valence-corrected chi connectivity index (χ3v) is 9.48. The first-order chi connectivity index (χ1) is 25.8. The number of aromatic nitrogens is 1. The van der Waals surface area contributed by atoms with Crippen molar-refractivity contribution in [3.8, 4) is 11.3 Å². The molecule has 1 aliphatic heterocycles. The number of aliphatic carboxylic acids is 1. The zero-order valence-electron chi connectivity index (χ0n) is 30.3. The number of anilines is 2. The van der Waals surface area contributed by atoms with Crippen LogP contribution >= 0.6 is 0 Å². The molecule has 3 N–H and O–H groups in total. The third-order valence-electron chi connectivity index (χ3n) is 9.48. The molecule has 1 saturated heterocycles. The number of alkyl halides is 3. The van der Waals surface area contributed by atoms with Crippen LogP contribution in [0.5, 0.6) is 0 Å². The molecule has 11 nitrogen and oxygen atoms in total. The molecular formula is C40H43F3N6O5. The summed E-state index contributed by atoms with van der Waals surface area (Å²) in [5, 5.41) is 15.1. The number of hydrogen-bond donors (Lipinski definition) is 3. The number of rotatable bonds is 14. The summed E-state index contributed by atoms with van der Waals surface area (Å²) in [5.74, 6) is -2.18. The number of halogens is 3. The molecule has 4 aromatic rings. The van der Waals surface area contributed by atoms with Gasteiger partial charge in [-0.05, 0) is 99.5 Å². The minimum atomic E-state index is -4.51. The fraction of sp³-hybridized carbons (Fsp3) is 0.325. The number of likely N-dealkylation sites (N-methyl/N-ethyl adjacent to an activating group) is 1. The number of nitrogens with zero attached hydrogens (tertiary/aromatic N) is 4. The summed E-state index contributed by atoms with van der Waals surface area (Å²) in [5.41, 5.74) is 2.38. The Morgan fingerprint density at radius 2 is 1.63 bits per heavy atom. The minimum Gasteiger partial charge on any atom is -0.480 e. The first-order valence-electron chi connectivity index (χ1n) is 17.7. The summed E-state index contributed by atoms with van der Waals surface area (Å²) in [4.78, 5) is 61.7. The Bertz CT molecular complexity index is 2000. The van der Waals surface area contributed by atoms with Gasteiger partial charge in [0.25, 0.3) is 17.7 Å². The summed E-state index contributed by atoms with van der Waals surface area (Å²) in [7, 11) is 1.64. The molecule has 3 aromatic carbocycles. The van der Waals surface area contributed by atoms with Crippen LogP contribution in [0.3, 0.4) is 0 Å². The summed E-state index contributed by atoms with van der Waals surface area (Å²) >= 11 is 0. The largest absolute Gasteiger partial charge is 0.480 e. The maximum Gasteiger partial charge on any atom is 0.416 e. The Hall–Kier alpha value is -5.76. The smallest absolute Gasteiger partial charge is 0.416 e. The molecule has 0 saturated carbocycles. The van der Waals surface area contributed by atoms with Gasteiger partial charge in [0.2, 0.25) is 0 Å². The predicted molar refractivity (Wildman–Crippen MR) is 199 cm³/mol. The van der Waals surface area contributed by atoms with Gasteiger partial charge in [0.15, 0.2) is 0 Å². The van der Waals surface area contributed by atoms with E-state index in [4.69, 9.17) is 0 Å². The van der Waals surface area contributed by atoms with Gasteiger partial charge in [-0.1, -0.05) is 18.2 Å². The number of pyridine rings is 1. The number of benzene rings is 3. The number of carbonyl (C=O) groups excluding carboxylic acids is 3. The molecule has 54 heavy (non-hydrogen) atoms. The molecule has 0 spiro atoms. The van der Waals surface area contributed by atoms with Crippen LogP contribution < -0.4 is 15.5 Å². The van der Waals surface area contributed by atoms with E-state index in [1.165, 1.54) is 35.4 Å². The van der Waals surface area contributed by atoms with Crippen LogP contribution in [0.4, 0.5) is 24.5 Å². The zero-order valence-corrected chi connectivity index (χ0v) is 30.3. The highest BCUT2D eigenvalue weighted by molar-refractivity contribution is 6.08. The third kappa shape index (κ3) is 9.61. The Morgan fingerprint density at radius 3 is 2.35 bits per heavy atom. The number of amides is 3.